The summed E-state index contributed by atoms with van der Waals surface area (Å²) in [6.07, 6.45) is 0.318. The maximum absolute atomic E-state index is 11.6. The number of aliphatic hydroxyl groups excluding tert-OH is 1. The number of ether oxygens (including phenoxy) is 1. The van der Waals surface area contributed by atoms with Gasteiger partial charge in [-0.15, -0.1) is 0 Å². The molecular weight excluding hydrogens is 298 g/mol. The number of benzene rings is 1. The predicted octanol–water partition coefficient (Wildman–Crippen LogP) is 1.51. The molecule has 0 heterocycles. The Kier molecular flexibility index (Phi) is 6.93. The van der Waals surface area contributed by atoms with Crippen LogP contribution in [0.2, 0.25) is 0 Å². The van der Waals surface area contributed by atoms with Gasteiger partial charge in [-0.3, -0.25) is 4.79 Å². The van der Waals surface area contributed by atoms with Gasteiger partial charge in [-0.25, -0.2) is 0 Å². The number of carbonyl (C=O) groups is 1. The van der Waals surface area contributed by atoms with E-state index in [1.165, 1.54) is 7.11 Å². The number of carbonyl (C=O) groups excluding carboxylic acids is 1. The second-order valence-electron chi connectivity index (χ2n) is 4.05. The molecule has 0 aliphatic rings. The standard InChI is InChI=1S/C13H18BrNO3/c1-18-9-12(16)5-6-15-13(17)8-10-3-2-4-11(14)7-10/h2-4,7,12,16H,5-6,8-9H2,1H3,(H,15,17). The lowest BCUT2D eigenvalue weighted by atomic mass is 10.1. The third kappa shape index (κ3) is 6.14. The third-order valence-electron chi connectivity index (χ3n) is 2.41. The summed E-state index contributed by atoms with van der Waals surface area (Å²) in [4.78, 5) is 11.6. The monoisotopic (exact) mass is 315 g/mol. The van der Waals surface area contributed by atoms with Gasteiger partial charge in [0.1, 0.15) is 0 Å². The largest absolute Gasteiger partial charge is 0.391 e. The van der Waals surface area contributed by atoms with Gasteiger partial charge in [-0.1, -0.05) is 28.1 Å². The summed E-state index contributed by atoms with van der Waals surface area (Å²) in [6.45, 7) is 0.749. The van der Waals surface area contributed by atoms with Crippen LogP contribution >= 0.6 is 15.9 Å². The van der Waals surface area contributed by atoms with Crippen molar-refractivity contribution in [1.82, 2.24) is 5.32 Å². The van der Waals surface area contributed by atoms with Crippen LogP contribution in [0.5, 0.6) is 0 Å². The second kappa shape index (κ2) is 8.24. The molecule has 1 aromatic carbocycles. The number of rotatable bonds is 7. The van der Waals surface area contributed by atoms with Crippen molar-refractivity contribution in [2.24, 2.45) is 0 Å². The first kappa shape index (κ1) is 15.1. The van der Waals surface area contributed by atoms with Gasteiger partial charge in [0.25, 0.3) is 0 Å². The normalized spacial score (nSPS) is 12.2. The zero-order valence-electron chi connectivity index (χ0n) is 10.4. The van der Waals surface area contributed by atoms with E-state index < -0.39 is 6.10 Å². The Hall–Kier alpha value is -0.910. The fourth-order valence-electron chi connectivity index (χ4n) is 1.55. The highest BCUT2D eigenvalue weighted by molar-refractivity contribution is 9.10. The molecule has 0 spiro atoms. The van der Waals surface area contributed by atoms with E-state index in [2.05, 4.69) is 21.2 Å². The Morgan fingerprint density at radius 2 is 2.33 bits per heavy atom. The highest BCUT2D eigenvalue weighted by Gasteiger charge is 2.06. The summed E-state index contributed by atoms with van der Waals surface area (Å²) in [5.41, 5.74) is 0.958. The van der Waals surface area contributed by atoms with Gasteiger partial charge >= 0.3 is 0 Å². The maximum Gasteiger partial charge on any atom is 0.224 e. The van der Waals surface area contributed by atoms with Gasteiger partial charge < -0.3 is 15.2 Å². The molecule has 0 aliphatic carbocycles. The molecule has 100 valence electrons. The smallest absolute Gasteiger partial charge is 0.224 e. The molecule has 2 N–H and O–H groups in total. The lowest BCUT2D eigenvalue weighted by molar-refractivity contribution is -0.120. The van der Waals surface area contributed by atoms with Crippen molar-refractivity contribution >= 4 is 21.8 Å². The number of hydrogen-bond donors (Lipinski definition) is 2. The Bertz CT molecular complexity index is 384. The summed E-state index contributed by atoms with van der Waals surface area (Å²) < 4.78 is 5.76. The molecule has 1 unspecified atom stereocenters. The lowest BCUT2D eigenvalue weighted by Gasteiger charge is -2.10. The minimum Gasteiger partial charge on any atom is -0.391 e. The highest BCUT2D eigenvalue weighted by atomic mass is 79.9. The molecule has 0 saturated heterocycles. The summed E-state index contributed by atoms with van der Waals surface area (Å²) in [5, 5.41) is 12.2. The number of nitrogens with one attached hydrogen (secondary N) is 1. The van der Waals surface area contributed by atoms with Crippen LogP contribution < -0.4 is 5.32 Å². The number of amides is 1. The van der Waals surface area contributed by atoms with E-state index in [0.29, 0.717) is 26.0 Å². The summed E-state index contributed by atoms with van der Waals surface area (Å²) in [5.74, 6) is -0.0438. The van der Waals surface area contributed by atoms with Crippen molar-refractivity contribution < 1.29 is 14.6 Å². The van der Waals surface area contributed by atoms with E-state index in [0.717, 1.165) is 10.0 Å². The molecule has 1 aromatic rings. The molecule has 0 aromatic heterocycles. The molecule has 0 aliphatic heterocycles. The Morgan fingerprint density at radius 1 is 1.56 bits per heavy atom. The minimum absolute atomic E-state index is 0.0438. The quantitative estimate of drug-likeness (QED) is 0.802. The van der Waals surface area contributed by atoms with Crippen molar-refractivity contribution in [1.29, 1.82) is 0 Å². The fraction of sp³-hybridized carbons (Fsp3) is 0.462. The van der Waals surface area contributed by atoms with Crippen molar-refractivity contribution in [2.75, 3.05) is 20.3 Å². The first-order valence-corrected chi connectivity index (χ1v) is 6.59. The molecule has 0 bridgehead atoms. The van der Waals surface area contributed by atoms with Gasteiger partial charge in [0, 0.05) is 18.1 Å². The van der Waals surface area contributed by atoms with Crippen LogP contribution in [0.3, 0.4) is 0 Å². The Balaban J connectivity index is 2.25. The van der Waals surface area contributed by atoms with Gasteiger partial charge in [0.05, 0.1) is 19.1 Å². The van der Waals surface area contributed by atoms with Crippen molar-refractivity contribution in [3.63, 3.8) is 0 Å². The molecule has 1 amide bonds. The van der Waals surface area contributed by atoms with Gasteiger partial charge in [0.15, 0.2) is 0 Å². The van der Waals surface area contributed by atoms with E-state index in [1.807, 2.05) is 24.3 Å². The van der Waals surface area contributed by atoms with Crippen LogP contribution in [0.4, 0.5) is 0 Å². The zero-order chi connectivity index (χ0) is 13.4. The number of hydrogen-bond acceptors (Lipinski definition) is 3. The lowest BCUT2D eigenvalue weighted by Crippen LogP contribution is -2.29. The van der Waals surface area contributed by atoms with Crippen LogP contribution in [-0.2, 0) is 16.0 Å². The first-order valence-electron chi connectivity index (χ1n) is 5.80. The van der Waals surface area contributed by atoms with Gasteiger partial charge in [-0.2, -0.15) is 0 Å². The molecular formula is C13H18BrNO3. The van der Waals surface area contributed by atoms with Crippen LogP contribution in [0.1, 0.15) is 12.0 Å². The van der Waals surface area contributed by atoms with E-state index in [4.69, 9.17) is 4.74 Å². The van der Waals surface area contributed by atoms with Crippen LogP contribution in [-0.4, -0.2) is 37.4 Å². The van der Waals surface area contributed by atoms with E-state index in [9.17, 15) is 9.90 Å². The molecule has 1 rings (SSSR count). The topological polar surface area (TPSA) is 58.6 Å². The van der Waals surface area contributed by atoms with Crippen LogP contribution in [0, 0.1) is 0 Å². The van der Waals surface area contributed by atoms with Gasteiger partial charge in [-0.05, 0) is 24.1 Å². The van der Waals surface area contributed by atoms with E-state index in [1.54, 1.807) is 0 Å². The Labute approximate surface area is 115 Å². The Morgan fingerprint density at radius 3 is 3.00 bits per heavy atom. The van der Waals surface area contributed by atoms with Crippen molar-refractivity contribution in [2.45, 2.75) is 18.9 Å². The molecule has 5 heteroatoms. The van der Waals surface area contributed by atoms with E-state index in [-0.39, 0.29) is 5.91 Å². The number of methoxy groups -OCH3 is 1. The van der Waals surface area contributed by atoms with Crippen molar-refractivity contribution in [3.05, 3.63) is 34.3 Å². The van der Waals surface area contributed by atoms with E-state index >= 15 is 0 Å². The van der Waals surface area contributed by atoms with Gasteiger partial charge in [0.2, 0.25) is 5.91 Å². The van der Waals surface area contributed by atoms with Crippen LogP contribution in [0.25, 0.3) is 0 Å². The first-order chi connectivity index (χ1) is 8.61. The zero-order valence-corrected chi connectivity index (χ0v) is 11.9. The predicted molar refractivity (Wildman–Crippen MR) is 73.4 cm³/mol. The summed E-state index contributed by atoms with van der Waals surface area (Å²) in [7, 11) is 1.54. The average molecular weight is 316 g/mol. The minimum atomic E-state index is -0.527. The number of aliphatic hydroxyl groups is 1. The molecule has 0 fully saturated rings. The average Bonchev–Trinajstić information content (AvgIpc) is 2.29. The summed E-state index contributed by atoms with van der Waals surface area (Å²) >= 11 is 3.36. The fourth-order valence-corrected chi connectivity index (χ4v) is 2.00. The third-order valence-corrected chi connectivity index (χ3v) is 2.91. The molecule has 18 heavy (non-hydrogen) atoms. The van der Waals surface area contributed by atoms with Crippen molar-refractivity contribution in [3.8, 4) is 0 Å². The SMILES string of the molecule is COCC(O)CCNC(=O)Cc1cccc(Br)c1. The number of halogens is 1. The molecule has 0 radical (unpaired) electrons. The maximum atomic E-state index is 11.6. The molecule has 1 atom stereocenters. The highest BCUT2D eigenvalue weighted by Crippen LogP contribution is 2.11. The van der Waals surface area contributed by atoms with Crippen LogP contribution in [0.15, 0.2) is 28.7 Å². The molecule has 4 nitrogen and oxygen atoms in total. The summed E-state index contributed by atoms with van der Waals surface area (Å²) in [6, 6.07) is 7.64. The molecule has 0 saturated carbocycles. The second-order valence-corrected chi connectivity index (χ2v) is 4.97.